The van der Waals surface area contributed by atoms with Crippen LogP contribution in [-0.2, 0) is 6.42 Å². The molecule has 1 atom stereocenters. The molecule has 0 saturated carbocycles. The lowest BCUT2D eigenvalue weighted by atomic mass is 10.1. The van der Waals surface area contributed by atoms with E-state index >= 15 is 0 Å². The number of nitrogens with one attached hydrogen (secondary N) is 1. The SMILES string of the molecule is CCc1nc(C)nc(C2CCNCCN2C)c1OC. The topological polar surface area (TPSA) is 50.3 Å². The quantitative estimate of drug-likeness (QED) is 0.892. The third-order valence-corrected chi connectivity index (χ3v) is 3.70. The van der Waals surface area contributed by atoms with E-state index in [1.54, 1.807) is 7.11 Å². The predicted molar refractivity (Wildman–Crippen MR) is 75.6 cm³/mol. The lowest BCUT2D eigenvalue weighted by Gasteiger charge is -2.26. The first-order chi connectivity index (χ1) is 9.17. The molecule has 1 aliphatic heterocycles. The molecule has 1 aromatic rings. The first-order valence-corrected chi connectivity index (χ1v) is 6.99. The number of rotatable bonds is 3. The number of hydrogen-bond acceptors (Lipinski definition) is 5. The van der Waals surface area contributed by atoms with E-state index in [-0.39, 0.29) is 0 Å². The maximum absolute atomic E-state index is 5.59. The monoisotopic (exact) mass is 264 g/mol. The summed E-state index contributed by atoms with van der Waals surface area (Å²) >= 11 is 0. The summed E-state index contributed by atoms with van der Waals surface area (Å²) in [7, 11) is 3.87. The average Bonchev–Trinajstić information content (AvgIpc) is 2.62. The fourth-order valence-corrected chi connectivity index (χ4v) is 2.67. The molecule has 0 amide bonds. The second-order valence-corrected chi connectivity index (χ2v) is 5.02. The third-order valence-electron chi connectivity index (χ3n) is 3.70. The Morgan fingerprint density at radius 3 is 2.84 bits per heavy atom. The summed E-state index contributed by atoms with van der Waals surface area (Å²) in [5.41, 5.74) is 2.05. The minimum absolute atomic E-state index is 0.303. The summed E-state index contributed by atoms with van der Waals surface area (Å²) in [5, 5.41) is 3.43. The zero-order valence-corrected chi connectivity index (χ0v) is 12.4. The molecule has 2 heterocycles. The Morgan fingerprint density at radius 1 is 1.37 bits per heavy atom. The number of hydrogen-bond donors (Lipinski definition) is 1. The van der Waals surface area contributed by atoms with Crippen molar-refractivity contribution in [3.8, 4) is 5.75 Å². The third kappa shape index (κ3) is 3.04. The number of aromatic nitrogens is 2. The van der Waals surface area contributed by atoms with Gasteiger partial charge in [0.2, 0.25) is 0 Å². The standard InChI is InChI=1S/C14H24N4O/c1-5-11-14(19-4)13(17-10(2)16-11)12-6-7-15-8-9-18(12)3/h12,15H,5-9H2,1-4H3. The van der Waals surface area contributed by atoms with Crippen LogP contribution in [0.15, 0.2) is 0 Å². The van der Waals surface area contributed by atoms with Crippen molar-refractivity contribution in [2.24, 2.45) is 0 Å². The van der Waals surface area contributed by atoms with E-state index in [0.717, 1.165) is 55.4 Å². The second kappa shape index (κ2) is 6.30. The Kier molecular flexibility index (Phi) is 4.71. The molecule has 0 aromatic carbocycles. The maximum atomic E-state index is 5.59. The van der Waals surface area contributed by atoms with Gasteiger partial charge in [0.1, 0.15) is 11.5 Å². The lowest BCUT2D eigenvalue weighted by Crippen LogP contribution is -2.28. The summed E-state index contributed by atoms with van der Waals surface area (Å²) in [5.74, 6) is 1.70. The van der Waals surface area contributed by atoms with E-state index in [9.17, 15) is 0 Å². The van der Waals surface area contributed by atoms with Gasteiger partial charge in [0.15, 0.2) is 5.75 Å². The summed E-state index contributed by atoms with van der Waals surface area (Å²) in [6, 6.07) is 0.303. The van der Waals surface area contributed by atoms with Crippen LogP contribution in [0.5, 0.6) is 5.75 Å². The molecule has 1 aromatic heterocycles. The fourth-order valence-electron chi connectivity index (χ4n) is 2.67. The molecule has 5 nitrogen and oxygen atoms in total. The van der Waals surface area contributed by atoms with E-state index in [2.05, 4.69) is 34.2 Å². The molecule has 1 fully saturated rings. The molecule has 0 bridgehead atoms. The van der Waals surface area contributed by atoms with Crippen LogP contribution in [0.2, 0.25) is 0 Å². The highest BCUT2D eigenvalue weighted by Crippen LogP contribution is 2.32. The molecule has 2 rings (SSSR count). The van der Waals surface area contributed by atoms with Crippen molar-refractivity contribution in [1.82, 2.24) is 20.2 Å². The first kappa shape index (κ1) is 14.2. The average molecular weight is 264 g/mol. The van der Waals surface area contributed by atoms with Crippen molar-refractivity contribution < 1.29 is 4.74 Å². The van der Waals surface area contributed by atoms with Crippen LogP contribution < -0.4 is 10.1 Å². The fraction of sp³-hybridized carbons (Fsp3) is 0.714. The van der Waals surface area contributed by atoms with Gasteiger partial charge in [-0.1, -0.05) is 6.92 Å². The molecule has 1 aliphatic rings. The summed E-state index contributed by atoms with van der Waals surface area (Å²) in [6.45, 7) is 7.13. The highest BCUT2D eigenvalue weighted by molar-refractivity contribution is 5.35. The molecule has 5 heteroatoms. The van der Waals surface area contributed by atoms with E-state index in [0.29, 0.717) is 6.04 Å². The van der Waals surface area contributed by atoms with Gasteiger partial charge in [-0.25, -0.2) is 9.97 Å². The molecule has 0 radical (unpaired) electrons. The zero-order valence-electron chi connectivity index (χ0n) is 12.4. The van der Waals surface area contributed by atoms with E-state index in [1.165, 1.54) is 0 Å². The number of aryl methyl sites for hydroxylation is 2. The number of methoxy groups -OCH3 is 1. The van der Waals surface area contributed by atoms with Crippen molar-refractivity contribution in [3.05, 3.63) is 17.2 Å². The molecular formula is C14H24N4O. The van der Waals surface area contributed by atoms with Crippen molar-refractivity contribution in [2.75, 3.05) is 33.8 Å². The normalized spacial score (nSPS) is 21.2. The van der Waals surface area contributed by atoms with Crippen LogP contribution in [0, 0.1) is 6.92 Å². The molecule has 1 N–H and O–H groups in total. The number of nitrogens with zero attached hydrogens (tertiary/aromatic N) is 3. The van der Waals surface area contributed by atoms with Crippen molar-refractivity contribution in [1.29, 1.82) is 0 Å². The molecular weight excluding hydrogens is 240 g/mol. The van der Waals surface area contributed by atoms with Crippen molar-refractivity contribution in [2.45, 2.75) is 32.7 Å². The summed E-state index contributed by atoms with van der Waals surface area (Å²) in [6.07, 6.45) is 1.92. The first-order valence-electron chi connectivity index (χ1n) is 6.99. The lowest BCUT2D eigenvalue weighted by molar-refractivity contribution is 0.244. The van der Waals surface area contributed by atoms with E-state index < -0.39 is 0 Å². The molecule has 1 saturated heterocycles. The van der Waals surface area contributed by atoms with Crippen molar-refractivity contribution >= 4 is 0 Å². The van der Waals surface area contributed by atoms with Crippen LogP contribution in [0.4, 0.5) is 0 Å². The van der Waals surface area contributed by atoms with Gasteiger partial charge >= 0.3 is 0 Å². The van der Waals surface area contributed by atoms with Crippen molar-refractivity contribution in [3.63, 3.8) is 0 Å². The Bertz CT molecular complexity index is 436. The van der Waals surface area contributed by atoms with Crippen LogP contribution in [0.25, 0.3) is 0 Å². The van der Waals surface area contributed by atoms with Crippen LogP contribution >= 0.6 is 0 Å². The van der Waals surface area contributed by atoms with Gasteiger partial charge in [0, 0.05) is 13.1 Å². The van der Waals surface area contributed by atoms with E-state index in [1.807, 2.05) is 6.92 Å². The smallest absolute Gasteiger partial charge is 0.163 e. The highest BCUT2D eigenvalue weighted by Gasteiger charge is 2.26. The Morgan fingerprint density at radius 2 is 2.16 bits per heavy atom. The van der Waals surface area contributed by atoms with Crippen LogP contribution in [-0.4, -0.2) is 48.7 Å². The Balaban J connectivity index is 2.43. The summed E-state index contributed by atoms with van der Waals surface area (Å²) in [4.78, 5) is 11.5. The largest absolute Gasteiger partial charge is 0.493 e. The van der Waals surface area contributed by atoms with Gasteiger partial charge in [-0.15, -0.1) is 0 Å². The van der Waals surface area contributed by atoms with Gasteiger partial charge in [0.05, 0.1) is 18.8 Å². The molecule has 19 heavy (non-hydrogen) atoms. The zero-order chi connectivity index (χ0) is 13.8. The molecule has 106 valence electrons. The molecule has 0 aliphatic carbocycles. The minimum Gasteiger partial charge on any atom is -0.493 e. The molecule has 1 unspecified atom stereocenters. The number of ether oxygens (including phenoxy) is 1. The summed E-state index contributed by atoms with van der Waals surface area (Å²) < 4.78 is 5.59. The van der Waals surface area contributed by atoms with Crippen LogP contribution in [0.3, 0.4) is 0 Å². The maximum Gasteiger partial charge on any atom is 0.163 e. The Labute approximate surface area is 115 Å². The minimum atomic E-state index is 0.303. The number of likely N-dealkylation sites (N-methyl/N-ethyl adjacent to an activating group) is 1. The Hall–Kier alpha value is -1.20. The molecule has 0 spiro atoms. The van der Waals surface area contributed by atoms with Gasteiger partial charge in [-0.05, 0) is 33.4 Å². The van der Waals surface area contributed by atoms with Gasteiger partial charge < -0.3 is 10.1 Å². The van der Waals surface area contributed by atoms with Gasteiger partial charge in [0.25, 0.3) is 0 Å². The highest BCUT2D eigenvalue weighted by atomic mass is 16.5. The van der Waals surface area contributed by atoms with Gasteiger partial charge in [-0.3, -0.25) is 4.90 Å². The van der Waals surface area contributed by atoms with E-state index in [4.69, 9.17) is 4.74 Å². The van der Waals surface area contributed by atoms with Crippen LogP contribution in [0.1, 0.15) is 36.6 Å². The second-order valence-electron chi connectivity index (χ2n) is 5.02. The van der Waals surface area contributed by atoms with Gasteiger partial charge in [-0.2, -0.15) is 0 Å². The predicted octanol–water partition coefficient (Wildman–Crippen LogP) is 1.32.